The Bertz CT molecular complexity index is 689. The van der Waals surface area contributed by atoms with Crippen LogP contribution >= 0.6 is 0 Å². The van der Waals surface area contributed by atoms with Crippen LogP contribution in [0.4, 0.5) is 8.78 Å². The van der Waals surface area contributed by atoms with Gasteiger partial charge in [0.1, 0.15) is 0 Å². The molecule has 0 saturated heterocycles. The van der Waals surface area contributed by atoms with Gasteiger partial charge in [-0.1, -0.05) is 18.2 Å². The van der Waals surface area contributed by atoms with Crippen LogP contribution in [0, 0.1) is 0 Å². The van der Waals surface area contributed by atoms with E-state index >= 15 is 0 Å². The zero-order chi connectivity index (χ0) is 16.3. The van der Waals surface area contributed by atoms with Crippen molar-refractivity contribution < 1.29 is 32.6 Å². The summed E-state index contributed by atoms with van der Waals surface area (Å²) in [6.07, 6.45) is 1.07. The fraction of sp³-hybridized carbons (Fsp3) is 0.133. The molecule has 0 N–H and O–H groups in total. The molecule has 1 aromatic rings. The number of methoxy groups -OCH3 is 1. The van der Waals surface area contributed by atoms with Crippen molar-refractivity contribution in [1.82, 2.24) is 0 Å². The van der Waals surface area contributed by atoms with Gasteiger partial charge in [-0.25, -0.2) is 9.59 Å². The van der Waals surface area contributed by atoms with Crippen LogP contribution in [0.25, 0.3) is 0 Å². The van der Waals surface area contributed by atoms with Crippen LogP contribution < -0.4 is 0 Å². The maximum Gasteiger partial charge on any atom is 0.365 e. The summed E-state index contributed by atoms with van der Waals surface area (Å²) in [6, 6.07) is 7.40. The lowest BCUT2D eigenvalue weighted by Crippen LogP contribution is -2.35. The maximum atomic E-state index is 13.8. The number of ketones is 1. The van der Waals surface area contributed by atoms with E-state index in [0.717, 1.165) is 7.11 Å². The Balaban J connectivity index is 2.32. The van der Waals surface area contributed by atoms with E-state index in [1.165, 1.54) is 24.3 Å². The van der Waals surface area contributed by atoms with Crippen molar-refractivity contribution in [3.8, 4) is 0 Å². The Kier molecular flexibility index (Phi) is 4.16. The van der Waals surface area contributed by atoms with E-state index in [0.29, 0.717) is 12.2 Å². The Morgan fingerprint density at radius 1 is 1.05 bits per heavy atom. The van der Waals surface area contributed by atoms with Crippen molar-refractivity contribution in [2.75, 3.05) is 7.11 Å². The van der Waals surface area contributed by atoms with Crippen molar-refractivity contribution in [2.24, 2.45) is 0 Å². The van der Waals surface area contributed by atoms with Gasteiger partial charge in [0.25, 0.3) is 0 Å². The standard InChI is InChI=1S/C15H10F2O5/c1-21-13(19)10-7-11(18)15(16,17)12(8-10)22-14(20)9-5-3-2-4-6-9/h2-8H,1H3. The third-order valence-electron chi connectivity index (χ3n) is 2.83. The molecule has 0 saturated carbocycles. The first-order valence-electron chi connectivity index (χ1n) is 6.08. The molecule has 0 bridgehead atoms. The Labute approximate surface area is 123 Å². The van der Waals surface area contributed by atoms with Gasteiger partial charge in [-0.2, -0.15) is 8.78 Å². The Morgan fingerprint density at radius 3 is 2.27 bits per heavy atom. The van der Waals surface area contributed by atoms with E-state index in [-0.39, 0.29) is 5.56 Å². The van der Waals surface area contributed by atoms with Crippen LogP contribution in [0.3, 0.4) is 0 Å². The molecule has 0 spiro atoms. The van der Waals surface area contributed by atoms with Crippen LogP contribution in [0.1, 0.15) is 10.4 Å². The highest BCUT2D eigenvalue weighted by Gasteiger charge is 2.47. The summed E-state index contributed by atoms with van der Waals surface area (Å²) in [5.41, 5.74) is -0.393. The molecular formula is C15H10F2O5. The summed E-state index contributed by atoms with van der Waals surface area (Å²) in [5.74, 6) is -8.95. The fourth-order valence-corrected chi connectivity index (χ4v) is 1.69. The van der Waals surface area contributed by atoms with Crippen molar-refractivity contribution in [3.05, 3.63) is 59.4 Å². The summed E-state index contributed by atoms with van der Waals surface area (Å²) in [4.78, 5) is 34.6. The minimum Gasteiger partial charge on any atom is -0.465 e. The summed E-state index contributed by atoms with van der Waals surface area (Å²) < 4.78 is 36.5. The normalized spacial score (nSPS) is 16.4. The van der Waals surface area contributed by atoms with Crippen molar-refractivity contribution >= 4 is 17.7 Å². The average molecular weight is 308 g/mol. The molecule has 2 rings (SSSR count). The zero-order valence-electron chi connectivity index (χ0n) is 11.3. The smallest absolute Gasteiger partial charge is 0.365 e. The molecule has 0 heterocycles. The van der Waals surface area contributed by atoms with Crippen molar-refractivity contribution in [1.29, 1.82) is 0 Å². The van der Waals surface area contributed by atoms with E-state index < -0.39 is 35.0 Å². The average Bonchev–Trinajstić information content (AvgIpc) is 2.51. The lowest BCUT2D eigenvalue weighted by molar-refractivity contribution is -0.139. The monoisotopic (exact) mass is 308 g/mol. The predicted octanol–water partition coefficient (Wildman–Crippen LogP) is 2.04. The molecule has 0 atom stereocenters. The quantitative estimate of drug-likeness (QED) is 0.799. The second-order valence-electron chi connectivity index (χ2n) is 4.29. The minimum atomic E-state index is -4.03. The molecule has 0 radical (unpaired) electrons. The Morgan fingerprint density at radius 2 is 1.68 bits per heavy atom. The first-order chi connectivity index (χ1) is 10.4. The van der Waals surface area contributed by atoms with Crippen LogP contribution in [-0.4, -0.2) is 30.8 Å². The second-order valence-corrected chi connectivity index (χ2v) is 4.29. The number of ether oxygens (including phenoxy) is 2. The van der Waals surface area contributed by atoms with E-state index in [4.69, 9.17) is 0 Å². The molecule has 0 aliphatic heterocycles. The molecule has 7 heteroatoms. The highest BCUT2D eigenvalue weighted by Crippen LogP contribution is 2.32. The first kappa shape index (κ1) is 15.6. The van der Waals surface area contributed by atoms with Crippen molar-refractivity contribution in [3.63, 3.8) is 0 Å². The fourth-order valence-electron chi connectivity index (χ4n) is 1.69. The molecule has 0 amide bonds. The highest BCUT2D eigenvalue weighted by atomic mass is 19.3. The van der Waals surface area contributed by atoms with E-state index in [1.54, 1.807) is 6.07 Å². The first-order valence-corrected chi connectivity index (χ1v) is 6.08. The van der Waals surface area contributed by atoms with E-state index in [9.17, 15) is 23.2 Å². The topological polar surface area (TPSA) is 69.7 Å². The molecule has 1 aliphatic carbocycles. The number of esters is 2. The summed E-state index contributed by atoms with van der Waals surface area (Å²) in [6.45, 7) is 0. The van der Waals surface area contributed by atoms with Crippen LogP contribution in [0.5, 0.6) is 0 Å². The molecule has 1 aliphatic rings. The van der Waals surface area contributed by atoms with Gasteiger partial charge < -0.3 is 9.47 Å². The van der Waals surface area contributed by atoms with Crippen LogP contribution in [0.2, 0.25) is 0 Å². The van der Waals surface area contributed by atoms with E-state index in [2.05, 4.69) is 9.47 Å². The van der Waals surface area contributed by atoms with Gasteiger partial charge in [0, 0.05) is 6.08 Å². The predicted molar refractivity (Wildman–Crippen MR) is 70.0 cm³/mol. The van der Waals surface area contributed by atoms with Gasteiger partial charge >= 0.3 is 17.9 Å². The second kappa shape index (κ2) is 5.88. The molecule has 0 aromatic heterocycles. The maximum absolute atomic E-state index is 13.8. The number of hydrogen-bond acceptors (Lipinski definition) is 5. The third kappa shape index (κ3) is 2.93. The lowest BCUT2D eigenvalue weighted by Gasteiger charge is -2.20. The number of carbonyl (C=O) groups is 3. The van der Waals surface area contributed by atoms with Gasteiger partial charge in [-0.05, 0) is 18.2 Å². The number of alkyl halides is 2. The number of hydrogen-bond donors (Lipinski definition) is 0. The number of halogens is 2. The zero-order valence-corrected chi connectivity index (χ0v) is 11.3. The van der Waals surface area contributed by atoms with Gasteiger partial charge in [0.15, 0.2) is 5.76 Å². The number of rotatable bonds is 3. The summed E-state index contributed by atoms with van der Waals surface area (Å²) >= 11 is 0. The lowest BCUT2D eigenvalue weighted by atomic mass is 10.0. The van der Waals surface area contributed by atoms with Crippen LogP contribution in [0.15, 0.2) is 53.8 Å². The molecule has 0 unspecified atom stereocenters. The van der Waals surface area contributed by atoms with E-state index in [1.807, 2.05) is 0 Å². The molecule has 5 nitrogen and oxygen atoms in total. The molecule has 114 valence electrons. The number of carbonyl (C=O) groups excluding carboxylic acids is 3. The largest absolute Gasteiger partial charge is 0.465 e. The molecule has 1 aromatic carbocycles. The summed E-state index contributed by atoms with van der Waals surface area (Å²) in [7, 11) is 1.03. The number of benzene rings is 1. The van der Waals surface area contributed by atoms with Gasteiger partial charge in [-0.15, -0.1) is 0 Å². The van der Waals surface area contributed by atoms with Crippen LogP contribution in [-0.2, 0) is 19.1 Å². The molecule has 0 fully saturated rings. The van der Waals surface area contributed by atoms with Gasteiger partial charge in [0.05, 0.1) is 18.2 Å². The minimum absolute atomic E-state index is 0.0285. The Hall–Kier alpha value is -2.83. The SMILES string of the molecule is COC(=O)C1=CC(=O)C(F)(F)C(OC(=O)c2ccccc2)=C1. The third-order valence-corrected chi connectivity index (χ3v) is 2.83. The van der Waals surface area contributed by atoms with Gasteiger partial charge in [-0.3, -0.25) is 4.79 Å². The summed E-state index contributed by atoms with van der Waals surface area (Å²) in [5, 5.41) is 0. The van der Waals surface area contributed by atoms with Crippen molar-refractivity contribution in [2.45, 2.75) is 5.92 Å². The molecular weight excluding hydrogens is 298 g/mol. The molecule has 22 heavy (non-hydrogen) atoms. The number of allylic oxidation sites excluding steroid dienone is 2. The van der Waals surface area contributed by atoms with Gasteiger partial charge in [0.2, 0.25) is 5.78 Å². The highest BCUT2D eigenvalue weighted by molar-refractivity contribution is 6.08.